The van der Waals surface area contributed by atoms with Gasteiger partial charge in [0.15, 0.2) is 0 Å². The molecule has 3 aromatic carbocycles. The van der Waals surface area contributed by atoms with E-state index in [2.05, 4.69) is 45.5 Å². The predicted octanol–water partition coefficient (Wildman–Crippen LogP) is 7.66. The molecule has 3 heterocycles. The first kappa shape index (κ1) is 31.5. The Labute approximate surface area is 260 Å². The number of rotatable bonds is 4. The summed E-state index contributed by atoms with van der Waals surface area (Å²) in [5.41, 5.74) is 6.32. The minimum Gasteiger partial charge on any atom is -0.345 e. The summed E-state index contributed by atoms with van der Waals surface area (Å²) >= 11 is 0. The third kappa shape index (κ3) is 7.16. The molecule has 0 radical (unpaired) electrons. The second-order valence-corrected chi connectivity index (χ2v) is 9.59. The van der Waals surface area contributed by atoms with Crippen molar-refractivity contribution in [2.75, 3.05) is 0 Å². The summed E-state index contributed by atoms with van der Waals surface area (Å²) in [6, 6.07) is 26.3. The van der Waals surface area contributed by atoms with E-state index in [1.54, 1.807) is 0 Å². The van der Waals surface area contributed by atoms with Crippen LogP contribution in [-0.4, -0.2) is 24.5 Å². The summed E-state index contributed by atoms with van der Waals surface area (Å²) in [4.78, 5) is 4.11. The van der Waals surface area contributed by atoms with Gasteiger partial charge in [0.05, 0.1) is 11.4 Å². The molecule has 0 unspecified atom stereocenters. The summed E-state index contributed by atoms with van der Waals surface area (Å²) in [7, 11) is 0. The Bertz CT molecular complexity index is 1770. The zero-order valence-electron chi connectivity index (χ0n) is 23.5. The average molecular weight is 759 g/mol. The van der Waals surface area contributed by atoms with Crippen molar-refractivity contribution in [2.45, 2.75) is 27.7 Å². The van der Waals surface area contributed by atoms with Crippen LogP contribution < -0.4 is 0 Å². The quantitative estimate of drug-likeness (QED) is 0.137. The standard InChI is InChI=1S/C17H7F4N.C16H17N4.Ir/c18-10-4-6-12(14(20)8-10)16-2-1-3-17(22-16)13-7-5-11(19)9-15(13)21;1-11-8-13(3)19(17-11)15-6-5-7-16(10-15)20-14(4)9-12(2)18-20;/h1-5,8-9H;5-9H,1-4H3;/q-2;-1;+3. The van der Waals surface area contributed by atoms with Crippen LogP contribution in [-0.2, 0) is 20.1 Å². The molecule has 6 rings (SSSR count). The first-order valence-electron chi connectivity index (χ1n) is 12.9. The van der Waals surface area contributed by atoms with Crippen LogP contribution in [0.25, 0.3) is 33.9 Å². The van der Waals surface area contributed by atoms with Crippen molar-refractivity contribution >= 4 is 0 Å². The minimum atomic E-state index is -0.826. The Morgan fingerprint density at radius 2 is 1.02 bits per heavy atom. The van der Waals surface area contributed by atoms with Crippen molar-refractivity contribution in [3.05, 3.63) is 137 Å². The van der Waals surface area contributed by atoms with Crippen LogP contribution in [0, 0.1) is 69.2 Å². The van der Waals surface area contributed by atoms with E-state index in [0.717, 1.165) is 46.3 Å². The number of hydrogen-bond donors (Lipinski definition) is 0. The van der Waals surface area contributed by atoms with E-state index >= 15 is 0 Å². The van der Waals surface area contributed by atoms with Crippen molar-refractivity contribution in [1.29, 1.82) is 0 Å². The van der Waals surface area contributed by atoms with Crippen LogP contribution in [0.4, 0.5) is 17.6 Å². The molecule has 218 valence electrons. The Morgan fingerprint density at radius 3 is 1.40 bits per heavy atom. The number of aromatic nitrogens is 5. The molecular weight excluding hydrogens is 735 g/mol. The number of aryl methyl sites for hydroxylation is 4. The number of benzene rings is 3. The average Bonchev–Trinajstić information content (AvgIpc) is 3.48. The molecule has 43 heavy (non-hydrogen) atoms. The number of pyridine rings is 1. The van der Waals surface area contributed by atoms with Gasteiger partial charge in [0.1, 0.15) is 0 Å². The van der Waals surface area contributed by atoms with Gasteiger partial charge in [-0.05, 0) is 62.6 Å². The zero-order valence-corrected chi connectivity index (χ0v) is 25.9. The van der Waals surface area contributed by atoms with Crippen LogP contribution in [0.15, 0.2) is 72.8 Å². The van der Waals surface area contributed by atoms with Gasteiger partial charge in [-0.2, -0.15) is 16.3 Å². The second-order valence-electron chi connectivity index (χ2n) is 9.59. The fraction of sp³-hybridized carbons (Fsp3) is 0.121. The summed E-state index contributed by atoms with van der Waals surface area (Å²) in [5, 5.41) is 9.00. The minimum absolute atomic E-state index is 0. The van der Waals surface area contributed by atoms with Crippen LogP contribution in [0.5, 0.6) is 0 Å². The molecule has 0 aliphatic carbocycles. The molecule has 0 aliphatic heterocycles. The monoisotopic (exact) mass is 759 g/mol. The maximum atomic E-state index is 13.8. The van der Waals surface area contributed by atoms with Gasteiger partial charge in [-0.3, -0.25) is 26.9 Å². The molecule has 0 aliphatic rings. The maximum Gasteiger partial charge on any atom is 3.00 e. The second kappa shape index (κ2) is 13.3. The van der Waals surface area contributed by atoms with Crippen molar-refractivity contribution in [1.82, 2.24) is 24.5 Å². The number of halogens is 4. The Balaban J connectivity index is 0.000000193. The summed E-state index contributed by atoms with van der Waals surface area (Å²) in [6.45, 7) is 8.08. The van der Waals surface area contributed by atoms with Gasteiger partial charge in [-0.25, -0.2) is 0 Å². The predicted molar refractivity (Wildman–Crippen MR) is 151 cm³/mol. The molecule has 0 fully saturated rings. The van der Waals surface area contributed by atoms with Gasteiger partial charge >= 0.3 is 20.1 Å². The van der Waals surface area contributed by atoms with E-state index < -0.39 is 23.3 Å². The molecule has 6 aromatic rings. The molecule has 0 atom stereocenters. The SMILES string of the molecule is Cc1cc(C)n(-c2[c-]c(-n3nc(C)cc3C)ccc2)n1.Fc1c[c-]c(-c2cccc(-c3[c-]cc(F)cc3F)n2)c(F)c1.[Ir+3]. The number of nitrogens with zero attached hydrogens (tertiary/aromatic N) is 5. The molecule has 0 saturated heterocycles. The van der Waals surface area contributed by atoms with Gasteiger partial charge < -0.3 is 4.98 Å². The van der Waals surface area contributed by atoms with Crippen LogP contribution in [0.2, 0.25) is 0 Å². The van der Waals surface area contributed by atoms with E-state index in [1.807, 2.05) is 55.3 Å². The molecule has 0 saturated carbocycles. The molecule has 0 spiro atoms. The third-order valence-corrected chi connectivity index (χ3v) is 6.22. The van der Waals surface area contributed by atoms with Gasteiger partial charge in [0.2, 0.25) is 0 Å². The van der Waals surface area contributed by atoms with E-state index in [0.29, 0.717) is 12.1 Å². The van der Waals surface area contributed by atoms with E-state index in [4.69, 9.17) is 0 Å². The van der Waals surface area contributed by atoms with Crippen molar-refractivity contribution in [2.24, 2.45) is 0 Å². The molecule has 10 heteroatoms. The van der Waals surface area contributed by atoms with Crippen LogP contribution in [0.1, 0.15) is 22.8 Å². The van der Waals surface area contributed by atoms with E-state index in [1.165, 1.54) is 18.2 Å². The topological polar surface area (TPSA) is 48.5 Å². The fourth-order valence-electron chi connectivity index (χ4n) is 4.43. The Morgan fingerprint density at radius 1 is 0.605 bits per heavy atom. The summed E-state index contributed by atoms with van der Waals surface area (Å²) < 4.78 is 57.2. The Hall–Kier alpha value is -4.40. The number of hydrogen-bond acceptors (Lipinski definition) is 3. The van der Waals surface area contributed by atoms with Gasteiger partial charge in [0, 0.05) is 34.7 Å². The van der Waals surface area contributed by atoms with Crippen LogP contribution in [0.3, 0.4) is 0 Å². The summed E-state index contributed by atoms with van der Waals surface area (Å²) in [5.74, 6) is -3.16. The summed E-state index contributed by atoms with van der Waals surface area (Å²) in [6.07, 6.45) is 0. The molecule has 5 nitrogen and oxygen atoms in total. The smallest absolute Gasteiger partial charge is 0.345 e. The van der Waals surface area contributed by atoms with Crippen molar-refractivity contribution in [3.63, 3.8) is 0 Å². The molecule has 0 bridgehead atoms. The maximum absolute atomic E-state index is 13.8. The molecular formula is C33H24F4IrN5. The van der Waals surface area contributed by atoms with Crippen molar-refractivity contribution < 1.29 is 37.7 Å². The molecule has 0 N–H and O–H groups in total. The third-order valence-electron chi connectivity index (χ3n) is 6.22. The molecule has 0 amide bonds. The first-order valence-corrected chi connectivity index (χ1v) is 12.9. The largest absolute Gasteiger partial charge is 3.00 e. The first-order chi connectivity index (χ1) is 20.1. The normalized spacial score (nSPS) is 10.6. The van der Waals surface area contributed by atoms with Crippen LogP contribution >= 0.6 is 0 Å². The van der Waals surface area contributed by atoms with Gasteiger partial charge in [-0.15, -0.1) is 42.5 Å². The van der Waals surface area contributed by atoms with Gasteiger partial charge in [0.25, 0.3) is 0 Å². The zero-order chi connectivity index (χ0) is 30.0. The van der Waals surface area contributed by atoms with E-state index in [-0.39, 0.29) is 42.6 Å². The Kier molecular flexibility index (Phi) is 9.73. The fourth-order valence-corrected chi connectivity index (χ4v) is 4.43. The van der Waals surface area contributed by atoms with Gasteiger partial charge in [-0.1, -0.05) is 41.5 Å². The molecule has 3 aromatic heterocycles. The van der Waals surface area contributed by atoms with E-state index in [9.17, 15) is 17.6 Å². The van der Waals surface area contributed by atoms with Crippen molar-refractivity contribution in [3.8, 4) is 33.9 Å².